The number of aliphatic hydroxyl groups is 1. The minimum Gasteiger partial charge on any atom is -0.507 e. The molecule has 3 N–H and O–H groups in total. The van der Waals surface area contributed by atoms with Crippen LogP contribution < -0.4 is 5.43 Å². The largest absolute Gasteiger partial charge is 0.507 e. The van der Waals surface area contributed by atoms with Crippen LogP contribution in [0, 0.1) is 3.57 Å². The van der Waals surface area contributed by atoms with Gasteiger partial charge in [0.05, 0.1) is 5.02 Å². The van der Waals surface area contributed by atoms with Crippen molar-refractivity contribution in [3.8, 4) is 22.8 Å². The molecule has 4 rings (SSSR count). The Hall–Kier alpha value is -1.52. The first kappa shape index (κ1) is 23.1. The van der Waals surface area contributed by atoms with Crippen molar-refractivity contribution in [1.82, 2.24) is 4.90 Å². The van der Waals surface area contributed by atoms with Gasteiger partial charge in [-0.1, -0.05) is 23.7 Å². The van der Waals surface area contributed by atoms with Gasteiger partial charge in [0.15, 0.2) is 5.76 Å². The Balaban J connectivity index is 0.00000256. The Morgan fingerprint density at radius 3 is 2.53 bits per heavy atom. The third-order valence-corrected chi connectivity index (χ3v) is 7.07. The Morgan fingerprint density at radius 2 is 1.93 bits per heavy atom. The molecule has 2 heterocycles. The Bertz CT molecular complexity index is 1190. The van der Waals surface area contributed by atoms with Crippen LogP contribution in [0.25, 0.3) is 22.3 Å². The third-order valence-electron chi connectivity index (χ3n) is 5.76. The fourth-order valence-corrected chi connectivity index (χ4v) is 4.89. The van der Waals surface area contributed by atoms with Crippen LogP contribution in [-0.2, 0) is 0 Å². The van der Waals surface area contributed by atoms with Crippen molar-refractivity contribution in [2.75, 3.05) is 13.6 Å². The lowest BCUT2D eigenvalue weighted by Gasteiger charge is -2.32. The number of phenols is 2. The quantitative estimate of drug-likeness (QED) is 0.392. The smallest absolute Gasteiger partial charge is 0.210 e. The fourth-order valence-electron chi connectivity index (χ4n) is 3.99. The normalized spacial score (nSPS) is 21.7. The molecule has 30 heavy (non-hydrogen) atoms. The lowest BCUT2D eigenvalue weighted by atomic mass is 9.87. The summed E-state index contributed by atoms with van der Waals surface area (Å²) in [5.41, 5.74) is -0.793. The Kier molecular flexibility index (Phi) is 6.33. The lowest BCUT2D eigenvalue weighted by Crippen LogP contribution is -2.41. The van der Waals surface area contributed by atoms with Crippen molar-refractivity contribution < 1.29 is 19.7 Å². The summed E-state index contributed by atoms with van der Waals surface area (Å²) in [5.74, 6) is -0.862. The van der Waals surface area contributed by atoms with Gasteiger partial charge in [-0.25, -0.2) is 0 Å². The van der Waals surface area contributed by atoms with Gasteiger partial charge in [0.1, 0.15) is 31.8 Å². The molecule has 6 nitrogen and oxygen atoms in total. The zero-order valence-corrected chi connectivity index (χ0v) is 19.9. The SMILES string of the molecule is CN1CCC(c2c(O)cc(O)c3c(=O)c(I)c(-c4ccccc4Cl)oc23)C1(C)O.Cl. The highest BCUT2D eigenvalue weighted by atomic mass is 127. The zero-order chi connectivity index (χ0) is 21.1. The van der Waals surface area contributed by atoms with Crippen LogP contribution in [0.15, 0.2) is 39.5 Å². The molecule has 1 aliphatic rings. The number of likely N-dealkylation sites (N-methyl/N-ethyl adjacent to an activating group) is 1. The van der Waals surface area contributed by atoms with Crippen LogP contribution in [-0.4, -0.2) is 39.5 Å². The molecular formula is C21H20Cl2INO5. The van der Waals surface area contributed by atoms with Crippen LogP contribution in [0.3, 0.4) is 0 Å². The summed E-state index contributed by atoms with van der Waals surface area (Å²) in [5, 5.41) is 32.4. The number of likely N-dealkylation sites (tertiary alicyclic amines) is 1. The third kappa shape index (κ3) is 3.46. The van der Waals surface area contributed by atoms with Crippen molar-refractivity contribution in [3.05, 3.63) is 54.7 Å². The first-order valence-electron chi connectivity index (χ1n) is 9.04. The van der Waals surface area contributed by atoms with Crippen molar-refractivity contribution in [2.45, 2.75) is 25.0 Å². The molecule has 0 amide bonds. The summed E-state index contributed by atoms with van der Waals surface area (Å²) in [7, 11) is 1.79. The summed E-state index contributed by atoms with van der Waals surface area (Å²) < 4.78 is 6.40. The molecule has 2 atom stereocenters. The molecule has 9 heteroatoms. The maximum Gasteiger partial charge on any atom is 0.210 e. The number of aromatic hydroxyl groups is 2. The number of nitrogens with zero attached hydrogens (tertiary/aromatic N) is 1. The van der Waals surface area contributed by atoms with Crippen LogP contribution >= 0.6 is 46.6 Å². The van der Waals surface area contributed by atoms with Crippen molar-refractivity contribution in [1.29, 1.82) is 0 Å². The molecule has 2 unspecified atom stereocenters. The van der Waals surface area contributed by atoms with Crippen LogP contribution in [0.4, 0.5) is 0 Å². The number of hydrogen-bond donors (Lipinski definition) is 3. The minimum atomic E-state index is -1.26. The number of phenolic OH excluding ortho intramolecular Hbond substituents is 2. The topological polar surface area (TPSA) is 94.1 Å². The summed E-state index contributed by atoms with van der Waals surface area (Å²) in [4.78, 5) is 14.9. The summed E-state index contributed by atoms with van der Waals surface area (Å²) in [6, 6.07) is 8.10. The minimum absolute atomic E-state index is 0. The second-order valence-corrected chi connectivity index (χ2v) is 8.93. The van der Waals surface area contributed by atoms with E-state index in [1.165, 1.54) is 0 Å². The number of hydrogen-bond acceptors (Lipinski definition) is 6. The fraction of sp³-hybridized carbons (Fsp3) is 0.286. The molecule has 0 bridgehead atoms. The molecule has 160 valence electrons. The van der Waals surface area contributed by atoms with Gasteiger partial charge < -0.3 is 19.7 Å². The summed E-state index contributed by atoms with van der Waals surface area (Å²) >= 11 is 8.19. The average molecular weight is 564 g/mol. The molecule has 1 fully saturated rings. The van der Waals surface area contributed by atoms with Gasteiger partial charge in [-0.2, -0.15) is 0 Å². The van der Waals surface area contributed by atoms with E-state index in [0.29, 0.717) is 29.1 Å². The second kappa shape index (κ2) is 8.20. The number of fused-ring (bicyclic) bond motifs is 1. The van der Waals surface area contributed by atoms with Crippen LogP contribution in [0.5, 0.6) is 11.5 Å². The van der Waals surface area contributed by atoms with Crippen molar-refractivity contribution >= 4 is 57.6 Å². The molecule has 0 saturated carbocycles. The van der Waals surface area contributed by atoms with E-state index in [2.05, 4.69) is 0 Å². The van der Waals surface area contributed by atoms with E-state index in [4.69, 9.17) is 16.0 Å². The van der Waals surface area contributed by atoms with E-state index in [-0.39, 0.29) is 44.2 Å². The van der Waals surface area contributed by atoms with Gasteiger partial charge in [-0.15, -0.1) is 12.4 Å². The molecule has 0 radical (unpaired) electrons. The zero-order valence-electron chi connectivity index (χ0n) is 16.1. The summed E-state index contributed by atoms with van der Waals surface area (Å²) in [6.45, 7) is 2.26. The monoisotopic (exact) mass is 563 g/mol. The first-order chi connectivity index (χ1) is 13.6. The van der Waals surface area contributed by atoms with E-state index in [0.717, 1.165) is 6.07 Å². The van der Waals surface area contributed by atoms with Gasteiger partial charge >= 0.3 is 0 Å². The standard InChI is InChI=1S/C21H19ClINO5.ClH/c1-21(28)11(7-8-24(21)2)15-13(25)9-14(26)16-18(27)17(23)19(29-20(15)16)10-5-3-4-6-12(10)22;/h3-6,9,11,25-26,28H,7-8H2,1-2H3;1H. The van der Waals surface area contributed by atoms with E-state index in [1.54, 1.807) is 43.1 Å². The van der Waals surface area contributed by atoms with Crippen LogP contribution in [0.2, 0.25) is 5.02 Å². The highest BCUT2D eigenvalue weighted by molar-refractivity contribution is 14.1. The predicted octanol–water partition coefficient (Wildman–Crippen LogP) is 4.68. The number of benzene rings is 2. The van der Waals surface area contributed by atoms with Crippen molar-refractivity contribution in [2.24, 2.45) is 0 Å². The van der Waals surface area contributed by atoms with Crippen molar-refractivity contribution in [3.63, 3.8) is 0 Å². The van der Waals surface area contributed by atoms with Gasteiger partial charge in [0.25, 0.3) is 0 Å². The van der Waals surface area contributed by atoms with Gasteiger partial charge in [-0.05, 0) is 55.1 Å². The van der Waals surface area contributed by atoms with E-state index >= 15 is 0 Å². The molecule has 3 aromatic rings. The predicted molar refractivity (Wildman–Crippen MR) is 127 cm³/mol. The van der Waals surface area contributed by atoms with Gasteiger partial charge in [-0.3, -0.25) is 9.69 Å². The van der Waals surface area contributed by atoms with E-state index in [9.17, 15) is 20.1 Å². The summed E-state index contributed by atoms with van der Waals surface area (Å²) in [6.07, 6.45) is 0.550. The van der Waals surface area contributed by atoms with Gasteiger partial charge in [0, 0.05) is 29.7 Å². The molecular weight excluding hydrogens is 544 g/mol. The molecule has 1 saturated heterocycles. The number of halogens is 3. The Morgan fingerprint density at radius 1 is 1.27 bits per heavy atom. The highest BCUT2D eigenvalue weighted by Gasteiger charge is 2.45. The Labute approximate surface area is 197 Å². The van der Waals surface area contributed by atoms with E-state index < -0.39 is 17.1 Å². The molecule has 1 aliphatic heterocycles. The van der Waals surface area contributed by atoms with Crippen LogP contribution in [0.1, 0.15) is 24.8 Å². The highest BCUT2D eigenvalue weighted by Crippen LogP contribution is 2.48. The van der Waals surface area contributed by atoms with Gasteiger partial charge in [0.2, 0.25) is 5.43 Å². The molecule has 0 aliphatic carbocycles. The maximum absolute atomic E-state index is 13.1. The first-order valence-corrected chi connectivity index (χ1v) is 10.5. The maximum atomic E-state index is 13.1. The molecule has 2 aromatic carbocycles. The average Bonchev–Trinajstić information content (AvgIpc) is 2.92. The number of rotatable bonds is 2. The van der Waals surface area contributed by atoms with E-state index in [1.807, 2.05) is 22.6 Å². The lowest BCUT2D eigenvalue weighted by molar-refractivity contribution is -0.0627. The molecule has 0 spiro atoms. The second-order valence-electron chi connectivity index (χ2n) is 7.44. The molecule has 1 aromatic heterocycles.